The van der Waals surface area contributed by atoms with Crippen LogP contribution in [0.5, 0.6) is 0 Å². The van der Waals surface area contributed by atoms with Crippen LogP contribution in [-0.2, 0) is 27.7 Å². The second-order valence-corrected chi connectivity index (χ2v) is 9.57. The van der Waals surface area contributed by atoms with E-state index in [0.29, 0.717) is 16.3 Å². The number of piperidine rings is 1. The largest absolute Gasteiger partial charge is 0.342 e. The number of nitrogens with zero attached hydrogens (tertiary/aromatic N) is 1. The molecule has 0 radical (unpaired) electrons. The van der Waals surface area contributed by atoms with Gasteiger partial charge in [0.25, 0.3) is 10.0 Å². The highest BCUT2D eigenvalue weighted by molar-refractivity contribution is 7.94. The summed E-state index contributed by atoms with van der Waals surface area (Å²) < 4.78 is 27.8. The molecule has 2 heterocycles. The van der Waals surface area contributed by atoms with E-state index in [1.54, 1.807) is 18.2 Å². The lowest BCUT2D eigenvalue weighted by Gasteiger charge is -2.26. The Bertz CT molecular complexity index is 851. The summed E-state index contributed by atoms with van der Waals surface area (Å²) in [5, 5.41) is 0. The second kappa shape index (κ2) is 8.22. The number of nitrogens with one attached hydrogen (secondary N) is 1. The van der Waals surface area contributed by atoms with Crippen molar-refractivity contribution < 1.29 is 13.2 Å². The number of hydrogen-bond acceptors (Lipinski definition) is 4. The van der Waals surface area contributed by atoms with Crippen molar-refractivity contribution in [3.63, 3.8) is 0 Å². The molecule has 0 saturated carbocycles. The van der Waals surface area contributed by atoms with Gasteiger partial charge in [-0.15, -0.1) is 11.3 Å². The fraction of sp³-hybridized carbons (Fsp3) is 0.421. The first-order chi connectivity index (χ1) is 12.5. The zero-order valence-corrected chi connectivity index (χ0v) is 16.5. The van der Waals surface area contributed by atoms with Gasteiger partial charge >= 0.3 is 0 Å². The molecule has 2 aromatic rings. The van der Waals surface area contributed by atoms with E-state index in [2.05, 4.69) is 4.72 Å². The van der Waals surface area contributed by atoms with Gasteiger partial charge in [0.15, 0.2) is 0 Å². The van der Waals surface area contributed by atoms with Crippen molar-refractivity contribution in [2.75, 3.05) is 17.8 Å². The van der Waals surface area contributed by atoms with Crippen LogP contribution in [0.4, 0.5) is 5.69 Å². The summed E-state index contributed by atoms with van der Waals surface area (Å²) in [7, 11) is -3.56. The van der Waals surface area contributed by atoms with Gasteiger partial charge in [-0.25, -0.2) is 8.42 Å². The van der Waals surface area contributed by atoms with Crippen LogP contribution in [0.3, 0.4) is 0 Å². The van der Waals surface area contributed by atoms with Gasteiger partial charge in [0.05, 0.1) is 6.42 Å². The van der Waals surface area contributed by atoms with Gasteiger partial charge in [0.1, 0.15) is 4.21 Å². The molecule has 1 saturated heterocycles. The molecule has 1 aromatic heterocycles. The average molecular weight is 393 g/mol. The monoisotopic (exact) mass is 392 g/mol. The van der Waals surface area contributed by atoms with Gasteiger partial charge < -0.3 is 4.90 Å². The van der Waals surface area contributed by atoms with Crippen molar-refractivity contribution in [3.05, 3.63) is 46.8 Å². The van der Waals surface area contributed by atoms with Crippen molar-refractivity contribution in [3.8, 4) is 0 Å². The number of likely N-dealkylation sites (tertiary alicyclic amines) is 1. The van der Waals surface area contributed by atoms with Crippen LogP contribution in [-0.4, -0.2) is 32.3 Å². The Labute approximate surface area is 159 Å². The molecule has 1 amide bonds. The molecule has 1 aliphatic heterocycles. The summed E-state index contributed by atoms with van der Waals surface area (Å²) >= 11 is 1.29. The minimum absolute atomic E-state index is 0.142. The van der Waals surface area contributed by atoms with E-state index < -0.39 is 10.0 Å². The number of carbonyl (C=O) groups excluding carboxylic acids is 1. The minimum Gasteiger partial charge on any atom is -0.342 e. The first kappa shape index (κ1) is 18.9. The third-order valence-electron chi connectivity index (χ3n) is 4.52. The topological polar surface area (TPSA) is 66.5 Å². The van der Waals surface area contributed by atoms with Crippen LogP contribution in [0.2, 0.25) is 0 Å². The smallest absolute Gasteiger partial charge is 0.271 e. The summed E-state index contributed by atoms with van der Waals surface area (Å²) in [5.41, 5.74) is 1.40. The van der Waals surface area contributed by atoms with E-state index in [1.807, 2.05) is 30.0 Å². The molecule has 7 heteroatoms. The normalized spacial score (nSPS) is 15.0. The van der Waals surface area contributed by atoms with Crippen LogP contribution >= 0.6 is 11.3 Å². The van der Waals surface area contributed by atoms with Crippen molar-refractivity contribution >= 4 is 33.0 Å². The van der Waals surface area contributed by atoms with Gasteiger partial charge in [-0.1, -0.05) is 19.1 Å². The van der Waals surface area contributed by atoms with Crippen LogP contribution in [0.25, 0.3) is 0 Å². The molecule has 0 bridgehead atoms. The molecule has 1 aromatic carbocycles. The van der Waals surface area contributed by atoms with E-state index in [1.165, 1.54) is 17.8 Å². The molecule has 0 spiro atoms. The van der Waals surface area contributed by atoms with Gasteiger partial charge in [-0.2, -0.15) is 0 Å². The summed E-state index contributed by atoms with van der Waals surface area (Å²) in [5.74, 6) is 0.142. The number of sulfonamides is 1. The SMILES string of the molecule is CCc1ccc(S(=O)(=O)Nc2ccc(CC(=O)N3CCCCC3)cc2)s1. The first-order valence-electron chi connectivity index (χ1n) is 8.96. The molecule has 3 rings (SSSR count). The van der Waals surface area contributed by atoms with E-state index in [0.717, 1.165) is 42.8 Å². The lowest BCUT2D eigenvalue weighted by atomic mass is 10.1. The summed E-state index contributed by atoms with van der Waals surface area (Å²) in [6.07, 6.45) is 4.53. The summed E-state index contributed by atoms with van der Waals surface area (Å²) in [6, 6.07) is 10.5. The Kier molecular flexibility index (Phi) is 5.98. The Balaban J connectivity index is 1.62. The van der Waals surface area contributed by atoms with Crippen LogP contribution in [0.1, 0.15) is 36.6 Å². The lowest BCUT2D eigenvalue weighted by molar-refractivity contribution is -0.131. The third-order valence-corrected chi connectivity index (χ3v) is 7.62. The maximum atomic E-state index is 12.4. The molecule has 26 heavy (non-hydrogen) atoms. The van der Waals surface area contributed by atoms with Gasteiger partial charge in [-0.05, 0) is 55.5 Å². The summed E-state index contributed by atoms with van der Waals surface area (Å²) in [4.78, 5) is 15.3. The van der Waals surface area contributed by atoms with Gasteiger partial charge in [0, 0.05) is 23.7 Å². The molecule has 1 N–H and O–H groups in total. The first-order valence-corrected chi connectivity index (χ1v) is 11.3. The number of anilines is 1. The molecule has 0 atom stereocenters. The number of hydrogen-bond donors (Lipinski definition) is 1. The Morgan fingerprint density at radius 3 is 2.38 bits per heavy atom. The number of benzene rings is 1. The fourth-order valence-corrected chi connectivity index (χ4v) is 5.37. The van der Waals surface area contributed by atoms with Crippen molar-refractivity contribution in [1.82, 2.24) is 4.90 Å². The van der Waals surface area contributed by atoms with E-state index in [-0.39, 0.29) is 5.91 Å². The molecular formula is C19H24N2O3S2. The highest BCUT2D eigenvalue weighted by Crippen LogP contribution is 2.24. The highest BCUT2D eigenvalue weighted by atomic mass is 32.2. The van der Waals surface area contributed by atoms with Crippen molar-refractivity contribution in [2.24, 2.45) is 0 Å². The lowest BCUT2D eigenvalue weighted by Crippen LogP contribution is -2.36. The van der Waals surface area contributed by atoms with Crippen LogP contribution < -0.4 is 4.72 Å². The van der Waals surface area contributed by atoms with E-state index >= 15 is 0 Å². The Morgan fingerprint density at radius 1 is 1.08 bits per heavy atom. The molecule has 1 fully saturated rings. The number of thiophene rings is 1. The van der Waals surface area contributed by atoms with E-state index in [4.69, 9.17) is 0 Å². The molecule has 0 aliphatic carbocycles. The average Bonchev–Trinajstić information content (AvgIpc) is 3.14. The molecular weight excluding hydrogens is 368 g/mol. The minimum atomic E-state index is -3.56. The zero-order valence-electron chi connectivity index (χ0n) is 14.9. The Hall–Kier alpha value is -1.86. The standard InChI is InChI=1S/C19H24N2O3S2/c1-2-17-10-11-19(25-17)26(23,24)20-16-8-6-15(7-9-16)14-18(22)21-12-4-3-5-13-21/h6-11,20H,2-5,12-14H2,1H3. The predicted molar refractivity (Wildman–Crippen MR) is 105 cm³/mol. The predicted octanol–water partition coefficient (Wildman–Crippen LogP) is 3.67. The van der Waals surface area contributed by atoms with Crippen LogP contribution in [0, 0.1) is 0 Å². The van der Waals surface area contributed by atoms with Gasteiger partial charge in [-0.3, -0.25) is 9.52 Å². The molecule has 140 valence electrons. The number of aryl methyl sites for hydroxylation is 1. The summed E-state index contributed by atoms with van der Waals surface area (Å²) in [6.45, 7) is 3.69. The number of carbonyl (C=O) groups is 1. The third kappa shape index (κ3) is 4.65. The number of rotatable bonds is 6. The molecule has 0 unspecified atom stereocenters. The maximum Gasteiger partial charge on any atom is 0.271 e. The van der Waals surface area contributed by atoms with Gasteiger partial charge in [0.2, 0.25) is 5.91 Å². The van der Waals surface area contributed by atoms with Crippen LogP contribution in [0.15, 0.2) is 40.6 Å². The van der Waals surface area contributed by atoms with Crippen molar-refractivity contribution in [2.45, 2.75) is 43.2 Å². The zero-order chi connectivity index (χ0) is 18.6. The molecule has 5 nitrogen and oxygen atoms in total. The van der Waals surface area contributed by atoms with Crippen molar-refractivity contribution in [1.29, 1.82) is 0 Å². The highest BCUT2D eigenvalue weighted by Gasteiger charge is 2.18. The van der Waals surface area contributed by atoms with E-state index in [9.17, 15) is 13.2 Å². The quantitative estimate of drug-likeness (QED) is 0.816. The Morgan fingerprint density at radius 2 is 1.77 bits per heavy atom. The number of amides is 1. The second-order valence-electron chi connectivity index (χ2n) is 6.49. The molecule has 1 aliphatic rings. The maximum absolute atomic E-state index is 12.4. The fourth-order valence-electron chi connectivity index (χ4n) is 3.02.